The SMILES string of the molecule is C/C=C/c1ccc(OCCCCn2c(CCCCCNC(=O)C(CC)CC)nc3ccccc32)c(OC)c1. The molecule has 0 spiro atoms. The van der Waals surface area contributed by atoms with E-state index in [1.165, 1.54) is 5.52 Å². The fraction of sp³-hybridized carbons (Fsp3) is 0.500. The molecule has 3 aromatic rings. The van der Waals surface area contributed by atoms with E-state index in [2.05, 4.69) is 48.0 Å². The minimum atomic E-state index is 0.145. The summed E-state index contributed by atoms with van der Waals surface area (Å²) >= 11 is 0. The Kier molecular flexibility index (Phi) is 12.2. The number of allylic oxidation sites excluding steroid dienone is 1. The summed E-state index contributed by atoms with van der Waals surface area (Å²) in [7, 11) is 1.68. The molecule has 0 bridgehead atoms. The third-order valence-corrected chi connectivity index (χ3v) is 7.05. The lowest BCUT2D eigenvalue weighted by Crippen LogP contribution is -2.30. The van der Waals surface area contributed by atoms with E-state index in [0.717, 1.165) is 92.9 Å². The molecule has 0 unspecified atom stereocenters. The molecule has 6 nitrogen and oxygen atoms in total. The van der Waals surface area contributed by atoms with Crippen molar-refractivity contribution < 1.29 is 14.3 Å². The number of aryl methyl sites for hydroxylation is 2. The molecule has 1 amide bonds. The second-order valence-electron chi connectivity index (χ2n) is 9.75. The van der Waals surface area contributed by atoms with Gasteiger partial charge < -0.3 is 19.4 Å². The Morgan fingerprint density at radius 1 is 1.03 bits per heavy atom. The number of fused-ring (bicyclic) bond motifs is 1. The van der Waals surface area contributed by atoms with Gasteiger partial charge in [0, 0.05) is 25.4 Å². The van der Waals surface area contributed by atoms with Gasteiger partial charge in [-0.15, -0.1) is 0 Å². The van der Waals surface area contributed by atoms with Crippen LogP contribution in [0.15, 0.2) is 48.5 Å². The number of carbonyl (C=O) groups is 1. The minimum absolute atomic E-state index is 0.145. The number of amides is 1. The summed E-state index contributed by atoms with van der Waals surface area (Å²) in [6.07, 6.45) is 11.9. The lowest BCUT2D eigenvalue weighted by atomic mass is 10.0. The Morgan fingerprint density at radius 2 is 1.84 bits per heavy atom. The molecule has 0 saturated carbocycles. The first-order valence-corrected chi connectivity index (χ1v) is 14.3. The fourth-order valence-corrected chi connectivity index (χ4v) is 4.82. The first-order chi connectivity index (χ1) is 18.6. The Balaban J connectivity index is 1.47. The lowest BCUT2D eigenvalue weighted by Gasteiger charge is -2.13. The van der Waals surface area contributed by atoms with Crippen LogP contribution in [0, 0.1) is 5.92 Å². The van der Waals surface area contributed by atoms with Crippen LogP contribution in [-0.4, -0.2) is 35.7 Å². The maximum atomic E-state index is 12.2. The monoisotopic (exact) mass is 519 g/mol. The molecule has 38 heavy (non-hydrogen) atoms. The standard InChI is InChI=1S/C32H45N3O3/c1-5-15-25-19-20-29(30(24-25)37-4)38-23-14-13-22-35-28-17-11-10-16-27(28)34-31(35)18-9-8-12-21-33-32(36)26(6-2)7-3/h5,10-11,15-17,19-20,24,26H,6-9,12-14,18,21-23H2,1-4H3,(H,33,36)/b15-5+. The zero-order valence-corrected chi connectivity index (χ0v) is 23.7. The quantitative estimate of drug-likeness (QED) is 0.192. The van der Waals surface area contributed by atoms with Gasteiger partial charge in [0.15, 0.2) is 11.5 Å². The summed E-state index contributed by atoms with van der Waals surface area (Å²) < 4.78 is 13.9. The summed E-state index contributed by atoms with van der Waals surface area (Å²) in [5, 5.41) is 3.10. The first-order valence-electron chi connectivity index (χ1n) is 14.3. The fourth-order valence-electron chi connectivity index (χ4n) is 4.82. The lowest BCUT2D eigenvalue weighted by molar-refractivity contribution is -0.125. The summed E-state index contributed by atoms with van der Waals surface area (Å²) in [6, 6.07) is 14.4. The van der Waals surface area contributed by atoms with Crippen molar-refractivity contribution in [1.82, 2.24) is 14.9 Å². The van der Waals surface area contributed by atoms with Crippen LogP contribution in [0.3, 0.4) is 0 Å². The number of nitrogens with zero attached hydrogens (tertiary/aromatic N) is 2. The second-order valence-corrected chi connectivity index (χ2v) is 9.75. The Morgan fingerprint density at radius 3 is 2.61 bits per heavy atom. The largest absolute Gasteiger partial charge is 0.493 e. The van der Waals surface area contributed by atoms with Gasteiger partial charge >= 0.3 is 0 Å². The van der Waals surface area contributed by atoms with Crippen molar-refractivity contribution in [2.45, 2.75) is 78.7 Å². The van der Waals surface area contributed by atoms with Gasteiger partial charge in [0.2, 0.25) is 5.91 Å². The van der Waals surface area contributed by atoms with Gasteiger partial charge in [0.05, 0.1) is 24.8 Å². The van der Waals surface area contributed by atoms with Crippen LogP contribution in [0.2, 0.25) is 0 Å². The number of ether oxygens (including phenoxy) is 2. The van der Waals surface area contributed by atoms with Crippen LogP contribution < -0.4 is 14.8 Å². The number of carbonyl (C=O) groups excluding carboxylic acids is 1. The average molecular weight is 520 g/mol. The highest BCUT2D eigenvalue weighted by Gasteiger charge is 2.13. The summed E-state index contributed by atoms with van der Waals surface area (Å²) in [5.41, 5.74) is 3.35. The summed E-state index contributed by atoms with van der Waals surface area (Å²) in [6.45, 7) is 8.48. The number of methoxy groups -OCH3 is 1. The molecule has 0 saturated heterocycles. The zero-order valence-electron chi connectivity index (χ0n) is 23.7. The van der Waals surface area contributed by atoms with Crippen LogP contribution in [0.5, 0.6) is 11.5 Å². The van der Waals surface area contributed by atoms with Gasteiger partial charge in [-0.2, -0.15) is 0 Å². The molecule has 0 fully saturated rings. The van der Waals surface area contributed by atoms with Gasteiger partial charge in [-0.1, -0.05) is 50.6 Å². The van der Waals surface area contributed by atoms with Crippen LogP contribution in [-0.2, 0) is 17.8 Å². The van der Waals surface area contributed by atoms with Crippen molar-refractivity contribution in [3.63, 3.8) is 0 Å². The van der Waals surface area contributed by atoms with Gasteiger partial charge in [0.25, 0.3) is 0 Å². The normalized spacial score (nSPS) is 11.5. The van der Waals surface area contributed by atoms with E-state index in [1.807, 2.05) is 37.3 Å². The molecule has 206 valence electrons. The number of hydrogen-bond donors (Lipinski definition) is 1. The number of unbranched alkanes of at least 4 members (excludes halogenated alkanes) is 3. The van der Waals surface area contributed by atoms with Gasteiger partial charge in [-0.3, -0.25) is 4.79 Å². The van der Waals surface area contributed by atoms with Crippen molar-refractivity contribution in [3.05, 3.63) is 59.9 Å². The topological polar surface area (TPSA) is 65.4 Å². The van der Waals surface area contributed by atoms with Crippen molar-refractivity contribution in [3.8, 4) is 11.5 Å². The van der Waals surface area contributed by atoms with Crippen LogP contribution in [0.1, 0.15) is 77.1 Å². The Hall–Kier alpha value is -3.28. The van der Waals surface area contributed by atoms with Crippen molar-refractivity contribution in [1.29, 1.82) is 0 Å². The van der Waals surface area contributed by atoms with Gasteiger partial charge in [-0.05, 0) is 75.3 Å². The molecule has 0 aliphatic carbocycles. The molecule has 0 aliphatic heterocycles. The van der Waals surface area contributed by atoms with Crippen molar-refractivity contribution >= 4 is 23.0 Å². The predicted molar refractivity (Wildman–Crippen MR) is 157 cm³/mol. The highest BCUT2D eigenvalue weighted by Crippen LogP contribution is 2.29. The molecule has 1 aromatic heterocycles. The molecule has 1 heterocycles. The molecule has 3 rings (SSSR count). The number of aromatic nitrogens is 2. The van der Waals surface area contributed by atoms with E-state index in [1.54, 1.807) is 7.11 Å². The highest BCUT2D eigenvalue weighted by molar-refractivity contribution is 5.78. The van der Waals surface area contributed by atoms with E-state index in [9.17, 15) is 4.79 Å². The van der Waals surface area contributed by atoms with Crippen molar-refractivity contribution in [2.24, 2.45) is 5.92 Å². The summed E-state index contributed by atoms with van der Waals surface area (Å²) in [4.78, 5) is 17.1. The van der Waals surface area contributed by atoms with E-state index >= 15 is 0 Å². The summed E-state index contributed by atoms with van der Waals surface area (Å²) in [5.74, 6) is 3.04. The molecule has 6 heteroatoms. The molecule has 2 aromatic carbocycles. The number of imidazole rings is 1. The highest BCUT2D eigenvalue weighted by atomic mass is 16.5. The molecule has 0 aliphatic rings. The van der Waals surface area contributed by atoms with E-state index in [-0.39, 0.29) is 11.8 Å². The van der Waals surface area contributed by atoms with Crippen LogP contribution in [0.25, 0.3) is 17.1 Å². The average Bonchev–Trinajstić information content (AvgIpc) is 3.29. The predicted octanol–water partition coefficient (Wildman–Crippen LogP) is 7.20. The first kappa shape index (κ1) is 29.3. The Labute approximate surface area is 228 Å². The smallest absolute Gasteiger partial charge is 0.223 e. The van der Waals surface area contributed by atoms with Crippen molar-refractivity contribution in [2.75, 3.05) is 20.3 Å². The maximum absolute atomic E-state index is 12.2. The molecule has 0 atom stereocenters. The second kappa shape index (κ2) is 15.9. The Bertz CT molecular complexity index is 1160. The van der Waals surface area contributed by atoms with Gasteiger partial charge in [-0.25, -0.2) is 4.98 Å². The molecular weight excluding hydrogens is 474 g/mol. The third-order valence-electron chi connectivity index (χ3n) is 7.05. The molecular formula is C32H45N3O3. The third kappa shape index (κ3) is 8.37. The zero-order chi connectivity index (χ0) is 27.2. The van der Waals surface area contributed by atoms with Crippen LogP contribution >= 0.6 is 0 Å². The number of nitrogens with one attached hydrogen (secondary N) is 1. The van der Waals surface area contributed by atoms with E-state index < -0.39 is 0 Å². The minimum Gasteiger partial charge on any atom is -0.493 e. The van der Waals surface area contributed by atoms with E-state index in [4.69, 9.17) is 14.5 Å². The van der Waals surface area contributed by atoms with Crippen LogP contribution in [0.4, 0.5) is 0 Å². The number of rotatable bonds is 17. The number of hydrogen-bond acceptors (Lipinski definition) is 4. The maximum Gasteiger partial charge on any atom is 0.223 e. The number of benzene rings is 2. The molecule has 0 radical (unpaired) electrons. The molecule has 1 N–H and O–H groups in total. The number of para-hydroxylation sites is 2. The van der Waals surface area contributed by atoms with E-state index in [0.29, 0.717) is 6.61 Å². The van der Waals surface area contributed by atoms with Gasteiger partial charge in [0.1, 0.15) is 5.82 Å².